The van der Waals surface area contributed by atoms with Crippen LogP contribution in [0.2, 0.25) is 0 Å². The van der Waals surface area contributed by atoms with E-state index in [1.54, 1.807) is 28.2 Å². The molecule has 0 spiro atoms. The van der Waals surface area contributed by atoms with Gasteiger partial charge in [0.15, 0.2) is 0 Å². The summed E-state index contributed by atoms with van der Waals surface area (Å²) in [6.07, 6.45) is 3.50. The van der Waals surface area contributed by atoms with Crippen molar-refractivity contribution in [3.8, 4) is 0 Å². The smallest absolute Gasteiger partial charge is 0.241 e. The van der Waals surface area contributed by atoms with Crippen LogP contribution >= 0.6 is 11.3 Å². The molecular formula is C12H11N3O2S2. The molecule has 3 rings (SSSR count). The van der Waals surface area contributed by atoms with Crippen LogP contribution in [0.15, 0.2) is 52.3 Å². The lowest BCUT2D eigenvalue weighted by molar-refractivity contribution is 0.583. The summed E-state index contributed by atoms with van der Waals surface area (Å²) in [4.78, 5) is 0. The molecule has 0 bridgehead atoms. The van der Waals surface area contributed by atoms with E-state index >= 15 is 0 Å². The van der Waals surface area contributed by atoms with Crippen LogP contribution in [0.3, 0.4) is 0 Å². The minimum Gasteiger partial charge on any atom is -0.241 e. The Kier molecular flexibility index (Phi) is 3.09. The molecule has 1 N–H and O–H groups in total. The molecule has 0 aliphatic heterocycles. The first-order valence-electron chi connectivity index (χ1n) is 5.61. The topological polar surface area (TPSA) is 63.5 Å². The normalized spacial score (nSPS) is 12.0. The summed E-state index contributed by atoms with van der Waals surface area (Å²) in [5.74, 6) is 0. The van der Waals surface area contributed by atoms with Crippen LogP contribution < -0.4 is 4.72 Å². The highest BCUT2D eigenvalue weighted by Gasteiger charge is 2.15. The molecule has 0 unspecified atom stereocenters. The molecule has 0 atom stereocenters. The third-order valence-electron chi connectivity index (χ3n) is 2.72. The predicted molar refractivity (Wildman–Crippen MR) is 73.5 cm³/mol. The number of pyridine rings is 1. The zero-order chi connectivity index (χ0) is 13.3. The number of thiophene rings is 1. The first-order chi connectivity index (χ1) is 9.17. The quantitative estimate of drug-likeness (QED) is 0.799. The minimum atomic E-state index is -3.43. The molecule has 3 heterocycles. The maximum Gasteiger partial charge on any atom is 0.250 e. The van der Waals surface area contributed by atoms with Gasteiger partial charge in [-0.05, 0) is 23.6 Å². The van der Waals surface area contributed by atoms with Gasteiger partial charge in [-0.25, -0.2) is 17.7 Å². The Morgan fingerprint density at radius 2 is 2.16 bits per heavy atom. The van der Waals surface area contributed by atoms with Gasteiger partial charge in [-0.15, -0.1) is 11.3 Å². The molecule has 7 heteroatoms. The summed E-state index contributed by atoms with van der Waals surface area (Å²) in [5, 5.41) is 5.91. The fourth-order valence-corrected chi connectivity index (χ4v) is 3.83. The van der Waals surface area contributed by atoms with E-state index in [0.29, 0.717) is 4.21 Å². The predicted octanol–water partition coefficient (Wildman–Crippen LogP) is 1.87. The zero-order valence-electron chi connectivity index (χ0n) is 9.85. The molecule has 98 valence electrons. The maximum absolute atomic E-state index is 12.0. The molecule has 3 aromatic heterocycles. The lowest BCUT2D eigenvalue weighted by atomic mass is 10.3. The highest BCUT2D eigenvalue weighted by Crippen LogP contribution is 2.16. The second kappa shape index (κ2) is 4.76. The van der Waals surface area contributed by atoms with E-state index in [1.165, 1.54) is 11.3 Å². The fraction of sp³-hybridized carbons (Fsp3) is 0.0833. The molecule has 0 radical (unpaired) electrons. The Labute approximate surface area is 114 Å². The molecule has 19 heavy (non-hydrogen) atoms. The van der Waals surface area contributed by atoms with Crippen molar-refractivity contribution in [2.75, 3.05) is 0 Å². The van der Waals surface area contributed by atoms with E-state index in [1.807, 2.05) is 24.4 Å². The number of aromatic nitrogens is 2. The van der Waals surface area contributed by atoms with Crippen LogP contribution in [-0.2, 0) is 16.6 Å². The molecule has 5 nitrogen and oxygen atoms in total. The molecule has 0 saturated carbocycles. The molecular weight excluding hydrogens is 282 g/mol. The second-order valence-corrected chi connectivity index (χ2v) is 6.90. The van der Waals surface area contributed by atoms with Crippen LogP contribution in [0.1, 0.15) is 5.56 Å². The maximum atomic E-state index is 12.0. The monoisotopic (exact) mass is 293 g/mol. The molecule has 0 aliphatic rings. The molecule has 3 aromatic rings. The Balaban J connectivity index is 1.83. The second-order valence-electron chi connectivity index (χ2n) is 3.96. The van der Waals surface area contributed by atoms with Crippen molar-refractivity contribution in [1.29, 1.82) is 0 Å². The highest BCUT2D eigenvalue weighted by atomic mass is 32.2. The minimum absolute atomic E-state index is 0.230. The van der Waals surface area contributed by atoms with Crippen molar-refractivity contribution in [2.45, 2.75) is 10.8 Å². The Morgan fingerprint density at radius 1 is 1.26 bits per heavy atom. The number of hydrogen-bond acceptors (Lipinski definition) is 4. The van der Waals surface area contributed by atoms with E-state index < -0.39 is 10.0 Å². The third-order valence-corrected chi connectivity index (χ3v) is 5.52. The van der Waals surface area contributed by atoms with Crippen molar-refractivity contribution in [1.82, 2.24) is 14.3 Å². The zero-order valence-corrected chi connectivity index (χ0v) is 11.5. The highest BCUT2D eigenvalue weighted by molar-refractivity contribution is 7.91. The molecule has 0 saturated heterocycles. The van der Waals surface area contributed by atoms with Gasteiger partial charge < -0.3 is 0 Å². The lowest BCUT2D eigenvalue weighted by Crippen LogP contribution is -2.22. The van der Waals surface area contributed by atoms with Crippen molar-refractivity contribution in [2.24, 2.45) is 0 Å². The van der Waals surface area contributed by atoms with Crippen molar-refractivity contribution in [3.05, 3.63) is 53.7 Å². The number of rotatable bonds is 4. The summed E-state index contributed by atoms with van der Waals surface area (Å²) in [6.45, 7) is 0.230. The average molecular weight is 293 g/mol. The summed E-state index contributed by atoms with van der Waals surface area (Å²) in [5.41, 5.74) is 1.75. The van der Waals surface area contributed by atoms with Gasteiger partial charge in [-0.1, -0.05) is 12.1 Å². The van der Waals surface area contributed by atoms with Gasteiger partial charge in [0.25, 0.3) is 0 Å². The third kappa shape index (κ3) is 2.40. The van der Waals surface area contributed by atoms with Crippen molar-refractivity contribution < 1.29 is 8.42 Å². The molecule has 0 amide bonds. The molecule has 0 fully saturated rings. The van der Waals surface area contributed by atoms with Crippen LogP contribution in [0, 0.1) is 0 Å². The summed E-state index contributed by atoms with van der Waals surface area (Å²) in [6, 6.07) is 8.98. The standard InChI is InChI=1S/C12H11N3O2S2/c16-19(17,12-5-3-7-18-12)14-9-10-8-13-15-6-2-1-4-11(10)15/h1-8,14H,9H2. The van der Waals surface area contributed by atoms with Crippen LogP contribution in [0.4, 0.5) is 0 Å². The fourth-order valence-electron chi connectivity index (χ4n) is 1.78. The number of fused-ring (bicyclic) bond motifs is 1. The van der Waals surface area contributed by atoms with E-state index in [0.717, 1.165) is 11.1 Å². The van der Waals surface area contributed by atoms with Gasteiger partial charge in [-0.2, -0.15) is 5.10 Å². The van der Waals surface area contributed by atoms with Gasteiger partial charge in [-0.3, -0.25) is 0 Å². The van der Waals surface area contributed by atoms with E-state index in [9.17, 15) is 8.42 Å². The summed E-state index contributed by atoms with van der Waals surface area (Å²) >= 11 is 1.20. The van der Waals surface area contributed by atoms with Crippen molar-refractivity contribution in [3.63, 3.8) is 0 Å². The number of nitrogens with zero attached hydrogens (tertiary/aromatic N) is 2. The van der Waals surface area contributed by atoms with Gasteiger partial charge in [0, 0.05) is 18.3 Å². The number of nitrogens with one attached hydrogen (secondary N) is 1. The average Bonchev–Trinajstić information content (AvgIpc) is 3.07. The number of sulfonamides is 1. The van der Waals surface area contributed by atoms with Crippen LogP contribution in [-0.4, -0.2) is 18.0 Å². The van der Waals surface area contributed by atoms with Gasteiger partial charge >= 0.3 is 0 Å². The Hall–Kier alpha value is -1.70. The van der Waals surface area contributed by atoms with E-state index in [4.69, 9.17) is 0 Å². The lowest BCUT2D eigenvalue weighted by Gasteiger charge is -2.03. The van der Waals surface area contributed by atoms with Gasteiger partial charge in [0.05, 0.1) is 11.7 Å². The first kappa shape index (κ1) is 12.3. The molecule has 0 aromatic carbocycles. The van der Waals surface area contributed by atoms with Gasteiger partial charge in [0.1, 0.15) is 4.21 Å². The summed E-state index contributed by atoms with van der Waals surface area (Å²) < 4.78 is 28.6. The van der Waals surface area contributed by atoms with Gasteiger partial charge in [0.2, 0.25) is 10.0 Å². The van der Waals surface area contributed by atoms with Crippen LogP contribution in [0.25, 0.3) is 5.52 Å². The summed E-state index contributed by atoms with van der Waals surface area (Å²) in [7, 11) is -3.43. The first-order valence-corrected chi connectivity index (χ1v) is 7.97. The Morgan fingerprint density at radius 3 is 2.95 bits per heavy atom. The van der Waals surface area contributed by atoms with Crippen LogP contribution in [0.5, 0.6) is 0 Å². The number of hydrogen-bond donors (Lipinski definition) is 1. The molecule has 0 aliphatic carbocycles. The Bertz CT molecular complexity index is 791. The van der Waals surface area contributed by atoms with Crippen molar-refractivity contribution >= 4 is 26.9 Å². The van der Waals surface area contributed by atoms with E-state index in [-0.39, 0.29) is 6.54 Å². The van der Waals surface area contributed by atoms with E-state index in [2.05, 4.69) is 9.82 Å². The SMILES string of the molecule is O=S(=O)(NCc1cnn2ccccc12)c1cccs1. The largest absolute Gasteiger partial charge is 0.250 e.